The van der Waals surface area contributed by atoms with Gasteiger partial charge in [-0.2, -0.15) is 5.10 Å². The quantitative estimate of drug-likeness (QED) is 0.664. The van der Waals surface area contributed by atoms with Crippen molar-refractivity contribution in [2.75, 3.05) is 11.1 Å². The molecule has 0 atom stereocenters. The van der Waals surface area contributed by atoms with E-state index in [9.17, 15) is 4.79 Å². The largest absolute Gasteiger partial charge is 0.408 e. The summed E-state index contributed by atoms with van der Waals surface area (Å²) in [5.74, 6) is 1.00. The van der Waals surface area contributed by atoms with E-state index in [-0.39, 0.29) is 11.9 Å². The zero-order valence-electron chi connectivity index (χ0n) is 13.2. The summed E-state index contributed by atoms with van der Waals surface area (Å²) in [4.78, 5) is 13.4. The number of hydrogen-bond acceptors (Lipinski definition) is 6. The molecule has 1 amide bonds. The molecule has 2 heterocycles. The summed E-state index contributed by atoms with van der Waals surface area (Å²) in [6.07, 6.45) is 2.22. The maximum absolute atomic E-state index is 12.2. The summed E-state index contributed by atoms with van der Waals surface area (Å²) < 4.78 is 7.07. The third-order valence-electron chi connectivity index (χ3n) is 3.26. The van der Waals surface area contributed by atoms with Gasteiger partial charge in [0.25, 0.3) is 5.91 Å². The molecule has 0 saturated carbocycles. The lowest BCUT2D eigenvalue weighted by molar-refractivity contribution is 0.101. The molecule has 0 aliphatic carbocycles. The Kier molecular flexibility index (Phi) is 5.27. The fourth-order valence-corrected chi connectivity index (χ4v) is 2.98. The van der Waals surface area contributed by atoms with E-state index in [0.717, 1.165) is 5.75 Å². The number of nitrogens with zero attached hydrogens (tertiary/aromatic N) is 4. The lowest BCUT2D eigenvalue weighted by atomic mass is 10.4. The van der Waals surface area contributed by atoms with Crippen LogP contribution in [0, 0.1) is 0 Å². The third-order valence-corrected chi connectivity index (χ3v) is 4.28. The van der Waals surface area contributed by atoms with Crippen molar-refractivity contribution in [2.24, 2.45) is 0 Å². The van der Waals surface area contributed by atoms with Crippen LogP contribution >= 0.6 is 11.8 Å². The van der Waals surface area contributed by atoms with Crippen molar-refractivity contribution in [3.05, 3.63) is 54.2 Å². The van der Waals surface area contributed by atoms with Gasteiger partial charge in [0.15, 0.2) is 0 Å². The molecule has 8 heteroatoms. The molecule has 0 aliphatic rings. The Balaban J connectivity index is 1.53. The second kappa shape index (κ2) is 7.78. The topological polar surface area (TPSA) is 85.8 Å². The molecular formula is C16H17N5O2S. The second-order valence-electron chi connectivity index (χ2n) is 4.90. The van der Waals surface area contributed by atoms with Crippen molar-refractivity contribution in [3.8, 4) is 0 Å². The highest BCUT2D eigenvalue weighted by molar-refractivity contribution is 7.99. The first-order valence-corrected chi connectivity index (χ1v) is 8.58. The molecule has 1 aromatic carbocycles. The number of aromatic nitrogens is 4. The fraction of sp³-hybridized carbons (Fsp3) is 0.250. The normalized spacial score (nSPS) is 10.7. The number of hydrogen-bond donors (Lipinski definition) is 1. The molecule has 2 aromatic heterocycles. The van der Waals surface area contributed by atoms with Crippen LogP contribution in [0.2, 0.25) is 0 Å². The van der Waals surface area contributed by atoms with Crippen LogP contribution < -0.4 is 5.32 Å². The van der Waals surface area contributed by atoms with Crippen LogP contribution in [0.4, 0.5) is 6.01 Å². The molecule has 7 nitrogen and oxygen atoms in total. The second-order valence-corrected chi connectivity index (χ2v) is 6.07. The van der Waals surface area contributed by atoms with Gasteiger partial charge in [0.1, 0.15) is 5.69 Å². The van der Waals surface area contributed by atoms with Gasteiger partial charge in [0, 0.05) is 29.8 Å². The first kappa shape index (κ1) is 16.3. The van der Waals surface area contributed by atoms with E-state index < -0.39 is 0 Å². The molecule has 3 aromatic rings. The van der Waals surface area contributed by atoms with E-state index in [1.165, 1.54) is 4.90 Å². The van der Waals surface area contributed by atoms with E-state index in [4.69, 9.17) is 4.42 Å². The Morgan fingerprint density at radius 3 is 2.88 bits per heavy atom. The van der Waals surface area contributed by atoms with Gasteiger partial charge in [0.05, 0.1) is 0 Å². The molecule has 1 N–H and O–H groups in total. The Morgan fingerprint density at radius 2 is 2.08 bits per heavy atom. The molecule has 0 fully saturated rings. The smallest absolute Gasteiger partial charge is 0.322 e. The Morgan fingerprint density at radius 1 is 1.25 bits per heavy atom. The van der Waals surface area contributed by atoms with Gasteiger partial charge in [0.2, 0.25) is 5.89 Å². The minimum atomic E-state index is -0.316. The number of benzene rings is 1. The van der Waals surface area contributed by atoms with Crippen LogP contribution in [0.5, 0.6) is 0 Å². The van der Waals surface area contributed by atoms with Crippen molar-refractivity contribution in [1.82, 2.24) is 20.0 Å². The van der Waals surface area contributed by atoms with Crippen LogP contribution in [-0.4, -0.2) is 31.6 Å². The zero-order valence-corrected chi connectivity index (χ0v) is 14.0. The van der Waals surface area contributed by atoms with Gasteiger partial charge in [-0.05, 0) is 25.1 Å². The van der Waals surface area contributed by atoms with Gasteiger partial charge < -0.3 is 4.42 Å². The molecule has 0 bridgehead atoms. The standard InChI is InChI=1S/C16H17N5O2S/c1-2-21-13(8-10-17-21)15(22)18-16-20-19-14(23-16)9-11-24-12-6-4-3-5-7-12/h3-8,10H,2,9,11H2,1H3,(H,18,20,22). The third kappa shape index (κ3) is 4.02. The lowest BCUT2D eigenvalue weighted by Gasteiger charge is -2.02. The summed E-state index contributed by atoms with van der Waals surface area (Å²) in [7, 11) is 0. The van der Waals surface area contributed by atoms with E-state index >= 15 is 0 Å². The highest BCUT2D eigenvalue weighted by Crippen LogP contribution is 2.18. The van der Waals surface area contributed by atoms with Crippen molar-refractivity contribution in [2.45, 2.75) is 24.8 Å². The van der Waals surface area contributed by atoms with Crippen molar-refractivity contribution < 1.29 is 9.21 Å². The number of amides is 1. The minimum absolute atomic E-state index is 0.101. The number of anilines is 1. The number of carbonyl (C=O) groups is 1. The zero-order chi connectivity index (χ0) is 16.8. The average molecular weight is 343 g/mol. The van der Waals surface area contributed by atoms with Crippen molar-refractivity contribution in [1.29, 1.82) is 0 Å². The van der Waals surface area contributed by atoms with Crippen LogP contribution in [0.1, 0.15) is 23.3 Å². The maximum Gasteiger partial charge on any atom is 0.322 e. The Hall–Kier alpha value is -2.61. The molecule has 0 radical (unpaired) electrons. The predicted octanol–water partition coefficient (Wildman–Crippen LogP) is 2.87. The average Bonchev–Trinajstić information content (AvgIpc) is 3.25. The monoisotopic (exact) mass is 343 g/mol. The summed E-state index contributed by atoms with van der Waals surface area (Å²) in [5, 5.41) is 14.5. The number of nitrogens with one attached hydrogen (secondary N) is 1. The lowest BCUT2D eigenvalue weighted by Crippen LogP contribution is -2.17. The maximum atomic E-state index is 12.2. The Bertz CT molecular complexity index is 800. The SMILES string of the molecule is CCn1nccc1C(=O)Nc1nnc(CCSc2ccccc2)o1. The number of aryl methyl sites for hydroxylation is 2. The molecule has 0 saturated heterocycles. The molecule has 3 rings (SSSR count). The number of carbonyl (C=O) groups excluding carboxylic acids is 1. The molecule has 124 valence electrons. The molecular weight excluding hydrogens is 326 g/mol. The highest BCUT2D eigenvalue weighted by atomic mass is 32.2. The van der Waals surface area contributed by atoms with Crippen LogP contribution in [0.3, 0.4) is 0 Å². The van der Waals surface area contributed by atoms with Crippen LogP contribution in [0.15, 0.2) is 51.9 Å². The highest BCUT2D eigenvalue weighted by Gasteiger charge is 2.15. The van der Waals surface area contributed by atoms with Gasteiger partial charge >= 0.3 is 6.01 Å². The number of thioether (sulfide) groups is 1. The minimum Gasteiger partial charge on any atom is -0.408 e. The molecule has 0 aliphatic heterocycles. The van der Waals surface area contributed by atoms with Crippen molar-refractivity contribution >= 4 is 23.7 Å². The molecule has 24 heavy (non-hydrogen) atoms. The summed E-state index contributed by atoms with van der Waals surface area (Å²) in [6, 6.07) is 11.9. The van der Waals surface area contributed by atoms with Crippen LogP contribution in [-0.2, 0) is 13.0 Å². The number of rotatable bonds is 7. The van der Waals surface area contributed by atoms with Crippen molar-refractivity contribution in [3.63, 3.8) is 0 Å². The van der Waals surface area contributed by atoms with Crippen LogP contribution in [0.25, 0.3) is 0 Å². The summed E-state index contributed by atoms with van der Waals surface area (Å²) in [6.45, 7) is 2.53. The van der Waals surface area contributed by atoms with Gasteiger partial charge in [-0.15, -0.1) is 16.9 Å². The fourth-order valence-electron chi connectivity index (χ4n) is 2.12. The molecule has 0 spiro atoms. The predicted molar refractivity (Wildman–Crippen MR) is 91.0 cm³/mol. The van der Waals surface area contributed by atoms with E-state index in [2.05, 4.69) is 32.7 Å². The summed E-state index contributed by atoms with van der Waals surface area (Å²) in [5.41, 5.74) is 0.455. The van der Waals surface area contributed by atoms with Gasteiger partial charge in [-0.1, -0.05) is 23.3 Å². The first-order valence-electron chi connectivity index (χ1n) is 7.59. The van der Waals surface area contributed by atoms with Gasteiger partial charge in [-0.3, -0.25) is 14.8 Å². The Labute approximate surface area is 143 Å². The summed E-state index contributed by atoms with van der Waals surface area (Å²) >= 11 is 1.71. The molecule has 0 unspecified atom stereocenters. The van der Waals surface area contributed by atoms with E-state index in [1.807, 2.05) is 25.1 Å². The first-order chi connectivity index (χ1) is 11.8. The van der Waals surface area contributed by atoms with E-state index in [1.54, 1.807) is 28.7 Å². The van der Waals surface area contributed by atoms with E-state index in [0.29, 0.717) is 24.6 Å². The van der Waals surface area contributed by atoms with Gasteiger partial charge in [-0.25, -0.2) is 0 Å².